The monoisotopic (exact) mass is 180 g/mol. The highest BCUT2D eigenvalue weighted by Crippen LogP contribution is 2.05. The highest BCUT2D eigenvalue weighted by molar-refractivity contribution is 5.36. The molecule has 72 valence electrons. The van der Waals surface area contributed by atoms with Gasteiger partial charge in [-0.05, 0) is 25.5 Å². The first-order chi connectivity index (χ1) is 6.22. The number of hydrogen-bond acceptors (Lipinski definition) is 3. The number of anilines is 1. The lowest BCUT2D eigenvalue weighted by Crippen LogP contribution is -2.21. The van der Waals surface area contributed by atoms with Crippen LogP contribution in [-0.4, -0.2) is 24.7 Å². The van der Waals surface area contributed by atoms with Crippen molar-refractivity contribution in [3.63, 3.8) is 0 Å². The van der Waals surface area contributed by atoms with Crippen LogP contribution in [0, 0.1) is 6.92 Å². The third-order valence-corrected chi connectivity index (χ3v) is 1.72. The molecule has 0 amide bonds. The van der Waals surface area contributed by atoms with E-state index in [1.807, 2.05) is 25.3 Å². The first-order valence-corrected chi connectivity index (χ1v) is 4.40. The zero-order valence-electron chi connectivity index (χ0n) is 8.37. The van der Waals surface area contributed by atoms with E-state index in [2.05, 4.69) is 17.2 Å². The molecule has 1 N–H and O–H groups in total. The van der Waals surface area contributed by atoms with Crippen molar-refractivity contribution in [3.05, 3.63) is 23.9 Å². The van der Waals surface area contributed by atoms with E-state index < -0.39 is 0 Å². The molecule has 0 saturated carbocycles. The summed E-state index contributed by atoms with van der Waals surface area (Å²) in [5, 5.41) is 3.23. The van der Waals surface area contributed by atoms with Gasteiger partial charge in [0.15, 0.2) is 0 Å². The van der Waals surface area contributed by atoms with Gasteiger partial charge >= 0.3 is 0 Å². The largest absolute Gasteiger partial charge is 0.383 e. The van der Waals surface area contributed by atoms with E-state index in [4.69, 9.17) is 4.74 Å². The summed E-state index contributed by atoms with van der Waals surface area (Å²) in [5.74, 6) is 0.898. The Labute approximate surface area is 79.1 Å². The summed E-state index contributed by atoms with van der Waals surface area (Å²) < 4.78 is 5.01. The maximum atomic E-state index is 5.01. The highest BCUT2D eigenvalue weighted by atomic mass is 16.5. The number of rotatable bonds is 4. The number of nitrogens with one attached hydrogen (secondary N) is 1. The Morgan fingerprint density at radius 3 is 2.85 bits per heavy atom. The average molecular weight is 180 g/mol. The van der Waals surface area contributed by atoms with E-state index in [0.717, 1.165) is 5.82 Å². The van der Waals surface area contributed by atoms with Crippen molar-refractivity contribution in [1.82, 2.24) is 4.98 Å². The lowest BCUT2D eigenvalue weighted by Gasteiger charge is -2.12. The molecule has 1 atom stereocenters. The van der Waals surface area contributed by atoms with Crippen molar-refractivity contribution in [2.45, 2.75) is 19.9 Å². The molecule has 0 saturated heterocycles. The van der Waals surface area contributed by atoms with E-state index in [0.29, 0.717) is 12.6 Å². The van der Waals surface area contributed by atoms with Crippen LogP contribution in [-0.2, 0) is 4.74 Å². The predicted octanol–water partition coefficient (Wildman–Crippen LogP) is 1.84. The molecule has 1 aromatic heterocycles. The third-order valence-electron chi connectivity index (χ3n) is 1.72. The summed E-state index contributed by atoms with van der Waals surface area (Å²) in [6, 6.07) is 4.30. The topological polar surface area (TPSA) is 34.1 Å². The predicted molar refractivity (Wildman–Crippen MR) is 53.9 cm³/mol. The number of aryl methyl sites for hydroxylation is 1. The fraction of sp³-hybridized carbons (Fsp3) is 0.500. The molecular weight excluding hydrogens is 164 g/mol. The Morgan fingerprint density at radius 1 is 1.54 bits per heavy atom. The van der Waals surface area contributed by atoms with Crippen LogP contribution in [0.1, 0.15) is 12.5 Å². The quantitative estimate of drug-likeness (QED) is 0.767. The summed E-state index contributed by atoms with van der Waals surface area (Å²) in [6.07, 6.45) is 1.85. The fourth-order valence-corrected chi connectivity index (χ4v) is 1.10. The van der Waals surface area contributed by atoms with Crippen molar-refractivity contribution in [1.29, 1.82) is 0 Å². The van der Waals surface area contributed by atoms with Gasteiger partial charge in [0.25, 0.3) is 0 Å². The van der Waals surface area contributed by atoms with Crippen molar-refractivity contribution in [2.75, 3.05) is 19.0 Å². The van der Waals surface area contributed by atoms with Gasteiger partial charge in [-0.25, -0.2) is 4.98 Å². The van der Waals surface area contributed by atoms with Gasteiger partial charge in [-0.3, -0.25) is 0 Å². The molecule has 0 bridgehead atoms. The van der Waals surface area contributed by atoms with E-state index in [1.54, 1.807) is 7.11 Å². The standard InChI is InChI=1S/C10H16N2O/c1-8-4-5-10(11-6-8)12-9(2)7-13-3/h4-6,9H,7H2,1-3H3,(H,11,12). The molecule has 0 aromatic carbocycles. The van der Waals surface area contributed by atoms with E-state index in [9.17, 15) is 0 Å². The number of pyridine rings is 1. The van der Waals surface area contributed by atoms with Crippen LogP contribution in [0.4, 0.5) is 5.82 Å². The summed E-state index contributed by atoms with van der Waals surface area (Å²) in [6.45, 7) is 4.77. The van der Waals surface area contributed by atoms with Crippen LogP contribution in [0.15, 0.2) is 18.3 Å². The second-order valence-corrected chi connectivity index (χ2v) is 3.22. The number of hydrogen-bond donors (Lipinski definition) is 1. The molecule has 0 aliphatic heterocycles. The minimum atomic E-state index is 0.292. The number of ether oxygens (including phenoxy) is 1. The molecule has 0 aliphatic rings. The molecule has 1 unspecified atom stereocenters. The van der Waals surface area contributed by atoms with Gasteiger partial charge < -0.3 is 10.1 Å². The van der Waals surface area contributed by atoms with E-state index >= 15 is 0 Å². The molecular formula is C10H16N2O. The average Bonchev–Trinajstić information content (AvgIpc) is 2.09. The molecule has 13 heavy (non-hydrogen) atoms. The Morgan fingerprint density at radius 2 is 2.31 bits per heavy atom. The maximum absolute atomic E-state index is 5.01. The summed E-state index contributed by atoms with van der Waals surface area (Å²) >= 11 is 0. The third kappa shape index (κ3) is 3.42. The van der Waals surface area contributed by atoms with Crippen LogP contribution in [0.25, 0.3) is 0 Å². The van der Waals surface area contributed by atoms with Gasteiger partial charge in [-0.2, -0.15) is 0 Å². The van der Waals surface area contributed by atoms with Crippen LogP contribution < -0.4 is 5.32 Å². The summed E-state index contributed by atoms with van der Waals surface area (Å²) in [7, 11) is 1.70. The first kappa shape index (κ1) is 9.99. The molecule has 1 heterocycles. The minimum absolute atomic E-state index is 0.292. The van der Waals surface area contributed by atoms with Crippen molar-refractivity contribution in [2.24, 2.45) is 0 Å². The van der Waals surface area contributed by atoms with Gasteiger partial charge in [-0.1, -0.05) is 6.07 Å². The summed E-state index contributed by atoms with van der Waals surface area (Å²) in [4.78, 5) is 4.23. The van der Waals surface area contributed by atoms with Gasteiger partial charge in [0.2, 0.25) is 0 Å². The Hall–Kier alpha value is -1.09. The maximum Gasteiger partial charge on any atom is 0.126 e. The molecule has 0 aliphatic carbocycles. The van der Waals surface area contributed by atoms with E-state index in [-0.39, 0.29) is 0 Å². The van der Waals surface area contributed by atoms with E-state index in [1.165, 1.54) is 5.56 Å². The van der Waals surface area contributed by atoms with Crippen LogP contribution >= 0.6 is 0 Å². The van der Waals surface area contributed by atoms with Crippen LogP contribution in [0.3, 0.4) is 0 Å². The number of nitrogens with zero attached hydrogens (tertiary/aromatic N) is 1. The zero-order valence-corrected chi connectivity index (χ0v) is 8.37. The first-order valence-electron chi connectivity index (χ1n) is 4.40. The molecule has 0 fully saturated rings. The van der Waals surface area contributed by atoms with Crippen molar-refractivity contribution < 1.29 is 4.74 Å². The Bertz CT molecular complexity index is 246. The second-order valence-electron chi connectivity index (χ2n) is 3.22. The Balaban J connectivity index is 2.49. The van der Waals surface area contributed by atoms with Crippen LogP contribution in [0.5, 0.6) is 0 Å². The van der Waals surface area contributed by atoms with Gasteiger partial charge in [0.1, 0.15) is 5.82 Å². The molecule has 3 nitrogen and oxygen atoms in total. The van der Waals surface area contributed by atoms with Gasteiger partial charge in [-0.15, -0.1) is 0 Å². The second kappa shape index (κ2) is 4.82. The smallest absolute Gasteiger partial charge is 0.126 e. The molecule has 3 heteroatoms. The number of methoxy groups -OCH3 is 1. The van der Waals surface area contributed by atoms with Crippen LogP contribution in [0.2, 0.25) is 0 Å². The van der Waals surface area contributed by atoms with Gasteiger partial charge in [0, 0.05) is 19.3 Å². The molecule has 0 radical (unpaired) electrons. The van der Waals surface area contributed by atoms with Crippen molar-refractivity contribution >= 4 is 5.82 Å². The highest BCUT2D eigenvalue weighted by Gasteiger charge is 2.00. The fourth-order valence-electron chi connectivity index (χ4n) is 1.10. The van der Waals surface area contributed by atoms with Gasteiger partial charge in [0.05, 0.1) is 6.61 Å². The molecule has 1 rings (SSSR count). The van der Waals surface area contributed by atoms with Crippen molar-refractivity contribution in [3.8, 4) is 0 Å². The number of aromatic nitrogens is 1. The zero-order chi connectivity index (χ0) is 9.68. The molecule has 1 aromatic rings. The lowest BCUT2D eigenvalue weighted by atomic mass is 10.3. The lowest BCUT2D eigenvalue weighted by molar-refractivity contribution is 0.190. The normalized spacial score (nSPS) is 12.5. The molecule has 0 spiro atoms. The minimum Gasteiger partial charge on any atom is -0.383 e. The Kier molecular flexibility index (Phi) is 3.71. The summed E-state index contributed by atoms with van der Waals surface area (Å²) in [5.41, 5.74) is 1.17. The SMILES string of the molecule is COCC(C)Nc1ccc(C)cn1.